The topological polar surface area (TPSA) is 586 Å². The Kier molecular flexibility index (Phi) is 34.8. The Morgan fingerprint density at radius 2 is 0.381 bits per heavy atom. The van der Waals surface area contributed by atoms with Gasteiger partial charge in [0.2, 0.25) is 53.5 Å². The first-order valence-electron chi connectivity index (χ1n) is 8.08. The van der Waals surface area contributed by atoms with Gasteiger partial charge in [-0.2, -0.15) is 60.5 Å². The van der Waals surface area contributed by atoms with Crippen LogP contribution in [0.15, 0.2) is 0 Å². The van der Waals surface area contributed by atoms with Crippen LogP contribution in [0.1, 0.15) is 0 Å². The Balaban J connectivity index is -0.0000000724. The van der Waals surface area contributed by atoms with Crippen LogP contribution in [0.4, 0.5) is 53.5 Å². The van der Waals surface area contributed by atoms with Gasteiger partial charge < -0.3 is 101 Å². The summed E-state index contributed by atoms with van der Waals surface area (Å²) in [5.41, 5.74) is 46.2. The maximum atomic E-state index is 8.55. The Labute approximate surface area is 282 Å². The molecule has 0 bridgehead atoms. The number of hydrogen-bond acceptors (Lipinski definition) is 26. The summed E-state index contributed by atoms with van der Waals surface area (Å²) in [7, 11) is -10.8. The van der Waals surface area contributed by atoms with Crippen molar-refractivity contribution in [3.8, 4) is 0 Å². The molecule has 0 spiro atoms. The molecule has 0 saturated carbocycles. The van der Waals surface area contributed by atoms with Gasteiger partial charge in [-0.05, 0) is 0 Å². The fourth-order valence-electron chi connectivity index (χ4n) is 1.28. The predicted molar refractivity (Wildman–Crippen MR) is 139 cm³/mol. The summed E-state index contributed by atoms with van der Waals surface area (Å²) in [5, 5.41) is 0. The van der Waals surface area contributed by atoms with Crippen molar-refractivity contribution < 1.29 is 49.4 Å². The zero-order valence-corrected chi connectivity index (χ0v) is 27.0. The molecule has 3 aromatic heterocycles. The number of nitrogens with two attached hydrogens (primary N) is 9. The molecule has 22 N–H and O–H groups in total. The molecule has 28 nitrogen and oxygen atoms in total. The molecular weight excluding hydrogens is 655 g/mol. The fraction of sp³-hybridized carbons (Fsp3) is 0. The van der Waals surface area contributed by atoms with E-state index >= 15 is 0 Å². The molecule has 0 aliphatic heterocycles. The SMILES string of the molecule is Nc1nc(N)nc(N)n1.Nc1nc(N)nc(N)n1.Nc1nc(N)nc(N)n1.O.O.O=P([O-])([O-])[O-].O=P([O-])([O-])[O-].[Mg+2].[Mg+2].[Mg+2]. The second-order valence-corrected chi connectivity index (χ2v) is 6.91. The molecule has 3 heterocycles. The summed E-state index contributed by atoms with van der Waals surface area (Å²) in [6, 6.07) is 0. The number of aromatic nitrogens is 9. The monoisotopic (exact) mass is 676 g/mol. The molecule has 0 aromatic carbocycles. The van der Waals surface area contributed by atoms with Crippen LogP contribution in [-0.4, -0.2) is 125 Å². The van der Waals surface area contributed by atoms with E-state index in [2.05, 4.69) is 44.9 Å². The molecule has 0 saturated heterocycles. The number of nitrogens with zero attached hydrogens (tertiary/aromatic N) is 9. The number of anilines is 9. The van der Waals surface area contributed by atoms with Gasteiger partial charge in [-0.3, -0.25) is 0 Å². The number of phosphoric acid groups is 2. The molecule has 0 aliphatic carbocycles. The third-order valence-corrected chi connectivity index (χ3v) is 2.06. The van der Waals surface area contributed by atoms with Crippen molar-refractivity contribution in [2.45, 2.75) is 0 Å². The first-order valence-corrected chi connectivity index (χ1v) is 11.0. The molecule has 0 atom stereocenters. The third kappa shape index (κ3) is 44.7. The van der Waals surface area contributed by atoms with Crippen LogP contribution in [-0.2, 0) is 9.13 Å². The van der Waals surface area contributed by atoms with Gasteiger partial charge in [-0.15, -0.1) is 0 Å². The average Bonchev–Trinajstić information content (AvgIpc) is 2.55. The minimum absolute atomic E-state index is 0. The summed E-state index contributed by atoms with van der Waals surface area (Å²) in [6.45, 7) is 0. The first-order chi connectivity index (χ1) is 16.5. The second kappa shape index (κ2) is 26.3. The fourth-order valence-corrected chi connectivity index (χ4v) is 1.28. The Morgan fingerprint density at radius 3 is 0.429 bits per heavy atom. The van der Waals surface area contributed by atoms with Crippen molar-refractivity contribution in [1.82, 2.24) is 44.9 Å². The summed E-state index contributed by atoms with van der Waals surface area (Å²) < 4.78 is 17.1. The molecule has 42 heavy (non-hydrogen) atoms. The van der Waals surface area contributed by atoms with Crippen molar-refractivity contribution in [3.63, 3.8) is 0 Å². The minimum Gasteiger partial charge on any atom is -0.822 e. The van der Waals surface area contributed by atoms with E-state index in [-0.39, 0.29) is 134 Å². The van der Waals surface area contributed by atoms with Gasteiger partial charge in [0.05, 0.1) is 0 Å². The van der Waals surface area contributed by atoms with Crippen LogP contribution in [0.3, 0.4) is 0 Å². The minimum atomic E-state index is -5.39. The van der Waals surface area contributed by atoms with Gasteiger partial charge in [0, 0.05) is 0 Å². The van der Waals surface area contributed by atoms with Gasteiger partial charge in [0.25, 0.3) is 0 Å². The van der Waals surface area contributed by atoms with Crippen molar-refractivity contribution in [2.75, 3.05) is 51.6 Å². The Bertz CT molecular complexity index is 936. The van der Waals surface area contributed by atoms with Crippen LogP contribution in [0.2, 0.25) is 0 Å². The summed E-state index contributed by atoms with van der Waals surface area (Å²) >= 11 is 0. The molecule has 0 fully saturated rings. The van der Waals surface area contributed by atoms with Gasteiger partial charge in [0.15, 0.2) is 0 Å². The number of nitrogen functional groups attached to an aromatic ring is 9. The smallest absolute Gasteiger partial charge is 0.822 e. The molecule has 0 aliphatic rings. The molecule has 0 amide bonds. The average molecular weight is 677 g/mol. The van der Waals surface area contributed by atoms with Crippen molar-refractivity contribution in [3.05, 3.63) is 0 Å². The van der Waals surface area contributed by atoms with Crippen LogP contribution >= 0.6 is 15.6 Å². The van der Waals surface area contributed by atoms with E-state index in [4.69, 9.17) is 90.1 Å². The molecule has 224 valence electrons. The first kappa shape index (κ1) is 55.6. The van der Waals surface area contributed by atoms with E-state index in [1.165, 1.54) is 0 Å². The second-order valence-electron chi connectivity index (χ2n) is 5.12. The van der Waals surface area contributed by atoms with Crippen LogP contribution in [0, 0.1) is 0 Å². The molecular formula is C9H22Mg3N18O10P2. The Morgan fingerprint density at radius 1 is 0.333 bits per heavy atom. The molecule has 3 rings (SSSR count). The van der Waals surface area contributed by atoms with Crippen LogP contribution < -0.4 is 81.0 Å². The molecule has 33 heteroatoms. The van der Waals surface area contributed by atoms with Crippen molar-refractivity contribution >= 4 is 138 Å². The number of rotatable bonds is 0. The van der Waals surface area contributed by atoms with Gasteiger partial charge >= 0.3 is 69.2 Å². The molecule has 0 radical (unpaired) electrons. The largest absolute Gasteiger partial charge is 2.00 e. The maximum absolute atomic E-state index is 8.55. The van der Waals surface area contributed by atoms with E-state index in [1.807, 2.05) is 0 Å². The zero-order valence-electron chi connectivity index (χ0n) is 21.0. The maximum Gasteiger partial charge on any atom is 2.00 e. The summed E-state index contributed by atoms with van der Waals surface area (Å²) in [4.78, 5) is 82.7. The summed E-state index contributed by atoms with van der Waals surface area (Å²) in [5.74, 6) is 0.375. The van der Waals surface area contributed by atoms with Crippen molar-refractivity contribution in [1.29, 1.82) is 0 Å². The standard InChI is InChI=1S/3C3H6N6.3Mg.2H3O4P.2H2O/c3*4-1-7-2(5)9-3(6)8-1;;;;2*1-5(2,3)4;;/h3*(H6,4,5,6,7,8,9);;;;2*(H3,1,2,3,4);2*1H2/q;;;3*+2;;;;/p-6. The normalized spacial score (nSPS) is 8.81. The molecule has 3 aromatic rings. The van der Waals surface area contributed by atoms with E-state index in [0.717, 1.165) is 0 Å². The van der Waals surface area contributed by atoms with Crippen molar-refractivity contribution in [2.24, 2.45) is 0 Å². The van der Waals surface area contributed by atoms with Gasteiger partial charge in [-0.25, -0.2) is 0 Å². The van der Waals surface area contributed by atoms with Crippen LogP contribution in [0.5, 0.6) is 0 Å². The summed E-state index contributed by atoms with van der Waals surface area (Å²) in [6.07, 6.45) is 0. The van der Waals surface area contributed by atoms with E-state index in [9.17, 15) is 0 Å². The third-order valence-electron chi connectivity index (χ3n) is 2.06. The zero-order chi connectivity index (χ0) is 29.6. The van der Waals surface area contributed by atoms with E-state index < -0.39 is 15.6 Å². The van der Waals surface area contributed by atoms with Gasteiger partial charge in [-0.1, -0.05) is 0 Å². The quantitative estimate of drug-likeness (QED) is 0.0787. The van der Waals surface area contributed by atoms with E-state index in [1.54, 1.807) is 0 Å². The van der Waals surface area contributed by atoms with Gasteiger partial charge in [0.1, 0.15) is 0 Å². The number of hydrogen-bond donors (Lipinski definition) is 9. The predicted octanol–water partition coefficient (Wildman–Crippen LogP) is -12.6. The van der Waals surface area contributed by atoms with Crippen LogP contribution in [0.25, 0.3) is 0 Å². The molecule has 0 unspecified atom stereocenters. The van der Waals surface area contributed by atoms with E-state index in [0.29, 0.717) is 0 Å². The Hall–Kier alpha value is -2.33.